The number of primary amides is 1. The van der Waals surface area contributed by atoms with Gasteiger partial charge in [-0.25, -0.2) is 4.79 Å². The third kappa shape index (κ3) is 9.05. The van der Waals surface area contributed by atoms with Crippen LogP contribution in [0, 0.1) is 13.8 Å². The molecule has 2 unspecified atom stereocenters. The first kappa shape index (κ1) is 30.1. The van der Waals surface area contributed by atoms with Gasteiger partial charge in [0.2, 0.25) is 17.7 Å². The number of nitrogens with zero attached hydrogens (tertiary/aromatic N) is 1. The normalized spacial score (nSPS) is 16.0. The lowest BCUT2D eigenvalue weighted by molar-refractivity contribution is -0.145. The molecule has 0 radical (unpaired) electrons. The molecule has 1 aromatic rings. The van der Waals surface area contributed by atoms with Crippen LogP contribution in [-0.4, -0.2) is 52.4 Å². The van der Waals surface area contributed by atoms with Crippen LogP contribution in [0.2, 0.25) is 0 Å². The second kappa shape index (κ2) is 12.9. The van der Waals surface area contributed by atoms with E-state index in [1.807, 2.05) is 32.0 Å². The molecule has 9 heteroatoms. The number of alkyl carbamates (subject to hydrolysis) is 1. The summed E-state index contributed by atoms with van der Waals surface area (Å²) in [6, 6.07) is 3.16. The molecule has 1 fully saturated rings. The van der Waals surface area contributed by atoms with Gasteiger partial charge in [-0.2, -0.15) is 0 Å². The number of benzene rings is 1. The van der Waals surface area contributed by atoms with Crippen LogP contribution in [0.3, 0.4) is 0 Å². The lowest BCUT2D eigenvalue weighted by Crippen LogP contribution is -2.56. The van der Waals surface area contributed by atoms with Gasteiger partial charge in [-0.3, -0.25) is 14.4 Å². The van der Waals surface area contributed by atoms with E-state index in [1.165, 1.54) is 4.90 Å². The van der Waals surface area contributed by atoms with Crippen LogP contribution in [0.1, 0.15) is 95.9 Å². The monoisotopic (exact) mass is 516 g/mol. The number of carbonyl (C=O) groups is 4. The van der Waals surface area contributed by atoms with E-state index in [0.717, 1.165) is 43.2 Å². The van der Waals surface area contributed by atoms with E-state index in [-0.39, 0.29) is 11.9 Å². The molecule has 206 valence electrons. The third-order valence-corrected chi connectivity index (χ3v) is 6.41. The zero-order valence-electron chi connectivity index (χ0n) is 23.3. The van der Waals surface area contributed by atoms with E-state index in [9.17, 15) is 19.2 Å². The van der Waals surface area contributed by atoms with Crippen LogP contribution in [-0.2, 0) is 19.1 Å². The average molecular weight is 517 g/mol. The van der Waals surface area contributed by atoms with Crippen molar-refractivity contribution >= 4 is 23.8 Å². The molecule has 2 rings (SSSR count). The van der Waals surface area contributed by atoms with Crippen LogP contribution in [0.4, 0.5) is 4.79 Å². The van der Waals surface area contributed by atoms with Crippen LogP contribution in [0.25, 0.3) is 0 Å². The second-order valence-electron chi connectivity index (χ2n) is 11.3. The molecule has 37 heavy (non-hydrogen) atoms. The fourth-order valence-electron chi connectivity index (χ4n) is 4.71. The summed E-state index contributed by atoms with van der Waals surface area (Å²) in [5.41, 5.74) is 7.15. The van der Waals surface area contributed by atoms with Gasteiger partial charge in [-0.15, -0.1) is 0 Å². The summed E-state index contributed by atoms with van der Waals surface area (Å²) in [5, 5.41) is 5.68. The molecule has 0 aromatic heterocycles. The summed E-state index contributed by atoms with van der Waals surface area (Å²) < 4.78 is 5.32. The van der Waals surface area contributed by atoms with Gasteiger partial charge >= 0.3 is 6.09 Å². The van der Waals surface area contributed by atoms with E-state index < -0.39 is 48.1 Å². The Morgan fingerprint density at radius 3 is 2.24 bits per heavy atom. The molecule has 1 aliphatic carbocycles. The maximum atomic E-state index is 14.0. The van der Waals surface area contributed by atoms with E-state index >= 15 is 0 Å². The summed E-state index contributed by atoms with van der Waals surface area (Å²) in [7, 11) is 0. The number of ether oxygens (including phenoxy) is 1. The number of hydrogen-bond donors (Lipinski definition) is 3. The van der Waals surface area contributed by atoms with Gasteiger partial charge < -0.3 is 26.0 Å². The molecule has 0 spiro atoms. The topological polar surface area (TPSA) is 131 Å². The minimum atomic E-state index is -1.29. The molecule has 9 nitrogen and oxygen atoms in total. The van der Waals surface area contributed by atoms with Crippen molar-refractivity contribution in [1.29, 1.82) is 0 Å². The smallest absolute Gasteiger partial charge is 0.408 e. The van der Waals surface area contributed by atoms with Crippen molar-refractivity contribution in [3.05, 3.63) is 34.9 Å². The number of amides is 4. The summed E-state index contributed by atoms with van der Waals surface area (Å²) in [4.78, 5) is 53.8. The van der Waals surface area contributed by atoms with Crippen LogP contribution in [0.5, 0.6) is 0 Å². The molecule has 1 aromatic carbocycles. The van der Waals surface area contributed by atoms with Crippen LogP contribution >= 0.6 is 0 Å². The Hall–Kier alpha value is -3.10. The Kier molecular flexibility index (Phi) is 10.5. The van der Waals surface area contributed by atoms with Gasteiger partial charge in [0.1, 0.15) is 17.7 Å². The highest BCUT2D eigenvalue weighted by Gasteiger charge is 2.39. The predicted octanol–water partition coefficient (Wildman–Crippen LogP) is 3.80. The Bertz CT molecular complexity index is 979. The Morgan fingerprint density at radius 1 is 1.08 bits per heavy atom. The van der Waals surface area contributed by atoms with Gasteiger partial charge in [-0.05, 0) is 72.4 Å². The van der Waals surface area contributed by atoms with E-state index in [1.54, 1.807) is 34.6 Å². The minimum Gasteiger partial charge on any atom is -0.444 e. The Morgan fingerprint density at radius 2 is 1.70 bits per heavy atom. The van der Waals surface area contributed by atoms with Gasteiger partial charge in [0.25, 0.3) is 0 Å². The first-order valence-corrected chi connectivity index (χ1v) is 13.2. The first-order valence-electron chi connectivity index (χ1n) is 13.2. The molecule has 0 aliphatic heterocycles. The number of carbonyl (C=O) groups excluding carboxylic acids is 4. The Balaban J connectivity index is 2.51. The van der Waals surface area contributed by atoms with Gasteiger partial charge in [0.15, 0.2) is 0 Å². The van der Waals surface area contributed by atoms with E-state index in [4.69, 9.17) is 10.5 Å². The van der Waals surface area contributed by atoms with Gasteiger partial charge in [0, 0.05) is 12.1 Å². The standard InChI is InChI=1S/C28H44N4O5/c1-17(2)32(26(35)22(16-23(29)33)31-27(36)37-28(5,6)7)24(21-15-18(3)13-14-19(21)4)25(34)30-20-11-9-8-10-12-20/h13-15,17,20,22,24H,8-12,16H2,1-7H3,(H2,29,33)(H,30,34)(H,31,36). The average Bonchev–Trinajstić information content (AvgIpc) is 2.77. The highest BCUT2D eigenvalue weighted by atomic mass is 16.6. The van der Waals surface area contributed by atoms with Crippen LogP contribution < -0.4 is 16.4 Å². The zero-order chi connectivity index (χ0) is 27.9. The van der Waals surface area contributed by atoms with E-state index in [0.29, 0.717) is 5.56 Å². The molecular weight excluding hydrogens is 472 g/mol. The molecular formula is C28H44N4O5. The largest absolute Gasteiger partial charge is 0.444 e. The molecule has 1 saturated carbocycles. The lowest BCUT2D eigenvalue weighted by atomic mass is 9.92. The zero-order valence-corrected chi connectivity index (χ0v) is 23.3. The van der Waals surface area contributed by atoms with Crippen molar-refractivity contribution < 1.29 is 23.9 Å². The fraction of sp³-hybridized carbons (Fsp3) is 0.643. The maximum absolute atomic E-state index is 14.0. The van der Waals surface area contributed by atoms with Gasteiger partial charge in [-0.1, -0.05) is 43.0 Å². The molecule has 0 saturated heterocycles. The third-order valence-electron chi connectivity index (χ3n) is 6.41. The predicted molar refractivity (Wildman–Crippen MR) is 143 cm³/mol. The molecule has 0 heterocycles. The van der Waals surface area contributed by atoms with Crippen molar-refractivity contribution in [2.24, 2.45) is 5.73 Å². The van der Waals surface area contributed by atoms with Gasteiger partial charge in [0.05, 0.1) is 6.42 Å². The minimum absolute atomic E-state index is 0.0410. The SMILES string of the molecule is Cc1ccc(C)c(C(C(=O)NC2CCCCC2)N(C(=O)C(CC(N)=O)NC(=O)OC(C)(C)C)C(C)C)c1. The Labute approximate surface area is 220 Å². The summed E-state index contributed by atoms with van der Waals surface area (Å²) >= 11 is 0. The molecule has 0 bridgehead atoms. The number of hydrogen-bond acceptors (Lipinski definition) is 5. The van der Waals surface area contributed by atoms with Crippen molar-refractivity contribution in [3.8, 4) is 0 Å². The molecule has 1 aliphatic rings. The number of nitrogens with one attached hydrogen (secondary N) is 2. The molecule has 4 amide bonds. The first-order chi connectivity index (χ1) is 17.2. The fourth-order valence-corrected chi connectivity index (χ4v) is 4.71. The van der Waals surface area contributed by atoms with Crippen molar-refractivity contribution in [1.82, 2.24) is 15.5 Å². The molecule has 4 N–H and O–H groups in total. The number of nitrogens with two attached hydrogens (primary N) is 1. The number of rotatable bonds is 9. The van der Waals surface area contributed by atoms with Crippen molar-refractivity contribution in [3.63, 3.8) is 0 Å². The summed E-state index contributed by atoms with van der Waals surface area (Å²) in [6.45, 7) is 12.5. The van der Waals surface area contributed by atoms with Crippen LogP contribution in [0.15, 0.2) is 18.2 Å². The van der Waals surface area contributed by atoms with Crippen molar-refractivity contribution in [2.75, 3.05) is 0 Å². The number of aryl methyl sites for hydroxylation is 2. The quantitative estimate of drug-likeness (QED) is 0.459. The highest BCUT2D eigenvalue weighted by Crippen LogP contribution is 2.30. The second-order valence-corrected chi connectivity index (χ2v) is 11.3. The van der Waals surface area contributed by atoms with Crippen molar-refractivity contribution in [2.45, 2.75) is 117 Å². The maximum Gasteiger partial charge on any atom is 0.408 e. The highest BCUT2D eigenvalue weighted by molar-refractivity contribution is 5.95. The van der Waals surface area contributed by atoms with E-state index in [2.05, 4.69) is 10.6 Å². The summed E-state index contributed by atoms with van der Waals surface area (Å²) in [5.74, 6) is -1.62. The molecule has 2 atom stereocenters. The summed E-state index contributed by atoms with van der Waals surface area (Å²) in [6.07, 6.45) is 3.76. The lowest BCUT2D eigenvalue weighted by Gasteiger charge is -2.38.